The van der Waals surface area contributed by atoms with Crippen molar-refractivity contribution in [2.24, 2.45) is 5.92 Å². The topological polar surface area (TPSA) is 29.5 Å². The molecular weight excluding hydrogens is 322 g/mol. The van der Waals surface area contributed by atoms with Crippen LogP contribution in [-0.4, -0.2) is 23.0 Å². The Morgan fingerprint density at radius 2 is 1.65 bits per heavy atom. The Hall–Kier alpha value is -2.13. The lowest BCUT2D eigenvalue weighted by molar-refractivity contribution is -0.164. The molecule has 26 heavy (non-hydrogen) atoms. The third-order valence-electron chi connectivity index (χ3n) is 4.81. The van der Waals surface area contributed by atoms with E-state index in [0.29, 0.717) is 0 Å². The maximum atomic E-state index is 12.9. The van der Waals surface area contributed by atoms with Crippen molar-refractivity contribution in [2.45, 2.75) is 51.8 Å². The third kappa shape index (κ3) is 4.73. The van der Waals surface area contributed by atoms with Gasteiger partial charge in [0, 0.05) is 12.6 Å². The van der Waals surface area contributed by atoms with Crippen LogP contribution in [0.2, 0.25) is 0 Å². The minimum atomic E-state index is -0.458. The first-order valence-corrected chi connectivity index (χ1v) is 9.50. The number of carbonyl (C=O) groups excluding carboxylic acids is 1. The molecule has 1 saturated heterocycles. The van der Waals surface area contributed by atoms with Gasteiger partial charge in [-0.15, -0.1) is 0 Å². The van der Waals surface area contributed by atoms with Gasteiger partial charge in [-0.2, -0.15) is 0 Å². The van der Waals surface area contributed by atoms with Crippen LogP contribution in [0.5, 0.6) is 0 Å². The van der Waals surface area contributed by atoms with E-state index in [2.05, 4.69) is 53.4 Å². The van der Waals surface area contributed by atoms with Gasteiger partial charge in [-0.25, -0.2) is 0 Å². The van der Waals surface area contributed by atoms with E-state index in [0.717, 1.165) is 25.9 Å². The Balaban J connectivity index is 1.89. The number of nitrogens with zero attached hydrogens (tertiary/aromatic N) is 1. The summed E-state index contributed by atoms with van der Waals surface area (Å²) < 4.78 is 5.76. The molecule has 2 aromatic carbocycles. The van der Waals surface area contributed by atoms with Crippen molar-refractivity contribution in [3.63, 3.8) is 0 Å². The Kier molecular flexibility index (Phi) is 5.77. The monoisotopic (exact) mass is 351 g/mol. The van der Waals surface area contributed by atoms with Crippen LogP contribution >= 0.6 is 0 Å². The van der Waals surface area contributed by atoms with Gasteiger partial charge in [-0.1, -0.05) is 60.7 Å². The molecule has 0 N–H and O–H groups in total. The van der Waals surface area contributed by atoms with Gasteiger partial charge in [0.15, 0.2) is 0 Å². The fraction of sp³-hybridized carbons (Fsp3) is 0.435. The first-order chi connectivity index (χ1) is 12.4. The van der Waals surface area contributed by atoms with Crippen molar-refractivity contribution in [1.82, 2.24) is 4.90 Å². The standard InChI is InChI=1S/C23H29NO2/c1-23(2,3)26-22(25)20-15-10-16-24(17-18-11-6-4-7-12-18)21(20)19-13-8-5-9-14-19/h4-9,11-14,20-21H,10,15-17H2,1-3H3/t20-,21-/m1/s1. The number of ether oxygens (including phenoxy) is 1. The molecule has 0 bridgehead atoms. The Bertz CT molecular complexity index is 706. The van der Waals surface area contributed by atoms with Crippen molar-refractivity contribution in [3.05, 3.63) is 71.8 Å². The van der Waals surface area contributed by atoms with Crippen molar-refractivity contribution in [2.75, 3.05) is 6.54 Å². The van der Waals surface area contributed by atoms with Crippen LogP contribution in [0.4, 0.5) is 0 Å². The van der Waals surface area contributed by atoms with Gasteiger partial charge < -0.3 is 4.74 Å². The molecule has 0 amide bonds. The summed E-state index contributed by atoms with van der Waals surface area (Å²) in [5, 5.41) is 0. The van der Waals surface area contributed by atoms with Crippen LogP contribution in [0.15, 0.2) is 60.7 Å². The highest BCUT2D eigenvalue weighted by Crippen LogP contribution is 2.38. The number of esters is 1. The molecule has 3 heteroatoms. The first kappa shape index (κ1) is 18.7. The molecule has 1 aliphatic heterocycles. The molecule has 0 aliphatic carbocycles. The Morgan fingerprint density at radius 1 is 1.04 bits per heavy atom. The maximum absolute atomic E-state index is 12.9. The summed E-state index contributed by atoms with van der Waals surface area (Å²) >= 11 is 0. The highest BCUT2D eigenvalue weighted by molar-refractivity contribution is 5.74. The average molecular weight is 351 g/mol. The molecule has 2 aromatic rings. The lowest BCUT2D eigenvalue weighted by Crippen LogP contribution is -2.43. The second-order valence-corrected chi connectivity index (χ2v) is 8.09. The number of likely N-dealkylation sites (tertiary alicyclic amines) is 1. The predicted molar refractivity (Wildman–Crippen MR) is 105 cm³/mol. The van der Waals surface area contributed by atoms with E-state index in [-0.39, 0.29) is 17.9 Å². The van der Waals surface area contributed by atoms with E-state index >= 15 is 0 Å². The second-order valence-electron chi connectivity index (χ2n) is 8.09. The SMILES string of the molecule is CC(C)(C)OC(=O)[C@@H]1CCCN(Cc2ccccc2)[C@@H]1c1ccccc1. The quantitative estimate of drug-likeness (QED) is 0.728. The predicted octanol–water partition coefficient (Wildman–Crippen LogP) is 4.98. The maximum Gasteiger partial charge on any atom is 0.311 e. The third-order valence-corrected chi connectivity index (χ3v) is 4.81. The summed E-state index contributed by atoms with van der Waals surface area (Å²) in [6, 6.07) is 20.9. The molecule has 0 unspecified atom stereocenters. The molecule has 0 spiro atoms. The van der Waals surface area contributed by atoms with Crippen molar-refractivity contribution in [1.29, 1.82) is 0 Å². The van der Waals surface area contributed by atoms with E-state index in [9.17, 15) is 4.79 Å². The van der Waals surface area contributed by atoms with E-state index in [1.165, 1.54) is 11.1 Å². The van der Waals surface area contributed by atoms with Gasteiger partial charge in [-0.3, -0.25) is 9.69 Å². The first-order valence-electron chi connectivity index (χ1n) is 9.50. The molecule has 0 saturated carbocycles. The molecule has 0 aromatic heterocycles. The van der Waals surface area contributed by atoms with Crippen LogP contribution in [-0.2, 0) is 16.1 Å². The zero-order valence-electron chi connectivity index (χ0n) is 16.0. The average Bonchev–Trinajstić information content (AvgIpc) is 2.62. The molecule has 1 aliphatic rings. The van der Waals surface area contributed by atoms with Crippen LogP contribution in [0.1, 0.15) is 50.8 Å². The van der Waals surface area contributed by atoms with Crippen LogP contribution in [0.3, 0.4) is 0 Å². The molecule has 2 atom stereocenters. The van der Waals surface area contributed by atoms with E-state index < -0.39 is 5.60 Å². The molecule has 1 heterocycles. The van der Waals surface area contributed by atoms with Crippen molar-refractivity contribution in [3.8, 4) is 0 Å². The fourth-order valence-corrected chi connectivity index (χ4v) is 3.78. The summed E-state index contributed by atoms with van der Waals surface area (Å²) in [7, 11) is 0. The Morgan fingerprint density at radius 3 is 2.27 bits per heavy atom. The van der Waals surface area contributed by atoms with E-state index in [1.54, 1.807) is 0 Å². The zero-order valence-corrected chi connectivity index (χ0v) is 16.0. The number of hydrogen-bond acceptors (Lipinski definition) is 3. The van der Waals surface area contributed by atoms with Gasteiger partial charge in [0.1, 0.15) is 5.60 Å². The van der Waals surface area contributed by atoms with Gasteiger partial charge >= 0.3 is 5.97 Å². The summed E-state index contributed by atoms with van der Waals surface area (Å²) in [6.45, 7) is 7.65. The minimum Gasteiger partial charge on any atom is -0.460 e. The zero-order chi connectivity index (χ0) is 18.6. The lowest BCUT2D eigenvalue weighted by Gasteiger charge is -2.41. The summed E-state index contributed by atoms with van der Waals surface area (Å²) in [6.07, 6.45) is 1.89. The van der Waals surface area contributed by atoms with Gasteiger partial charge in [0.25, 0.3) is 0 Å². The number of hydrogen-bond donors (Lipinski definition) is 0. The van der Waals surface area contributed by atoms with E-state index in [4.69, 9.17) is 4.74 Å². The van der Waals surface area contributed by atoms with Crippen LogP contribution < -0.4 is 0 Å². The lowest BCUT2D eigenvalue weighted by atomic mass is 9.84. The molecule has 138 valence electrons. The number of piperidine rings is 1. The smallest absolute Gasteiger partial charge is 0.311 e. The molecular formula is C23H29NO2. The molecule has 0 radical (unpaired) electrons. The highest BCUT2D eigenvalue weighted by atomic mass is 16.6. The van der Waals surface area contributed by atoms with E-state index in [1.807, 2.05) is 32.9 Å². The molecule has 3 nitrogen and oxygen atoms in total. The summed E-state index contributed by atoms with van der Waals surface area (Å²) in [5.41, 5.74) is 2.01. The summed E-state index contributed by atoms with van der Waals surface area (Å²) in [5.74, 6) is -0.210. The van der Waals surface area contributed by atoms with Crippen LogP contribution in [0.25, 0.3) is 0 Å². The number of benzene rings is 2. The minimum absolute atomic E-state index is 0.0556. The normalized spacial score (nSPS) is 21.3. The second kappa shape index (κ2) is 8.05. The van der Waals surface area contributed by atoms with Gasteiger partial charge in [0.05, 0.1) is 5.92 Å². The van der Waals surface area contributed by atoms with Gasteiger partial charge in [-0.05, 0) is 51.3 Å². The largest absolute Gasteiger partial charge is 0.460 e. The molecule has 1 fully saturated rings. The van der Waals surface area contributed by atoms with Crippen molar-refractivity contribution < 1.29 is 9.53 Å². The molecule has 3 rings (SSSR count). The van der Waals surface area contributed by atoms with Gasteiger partial charge in [0.2, 0.25) is 0 Å². The summed E-state index contributed by atoms with van der Waals surface area (Å²) in [4.78, 5) is 15.4. The van der Waals surface area contributed by atoms with Crippen LogP contribution in [0, 0.1) is 5.92 Å². The number of carbonyl (C=O) groups is 1. The Labute approximate surface area is 157 Å². The number of rotatable bonds is 4. The highest BCUT2D eigenvalue weighted by Gasteiger charge is 2.39. The fourth-order valence-electron chi connectivity index (χ4n) is 3.78. The van der Waals surface area contributed by atoms with Crippen molar-refractivity contribution >= 4 is 5.97 Å².